The lowest BCUT2D eigenvalue weighted by Crippen LogP contribution is -2.29. The normalized spacial score (nSPS) is 10.4. The molecule has 0 aliphatic heterocycles. The summed E-state index contributed by atoms with van der Waals surface area (Å²) in [6.07, 6.45) is 0. The zero-order valence-electron chi connectivity index (χ0n) is 14.5. The predicted molar refractivity (Wildman–Crippen MR) is 95.8 cm³/mol. The second-order valence-electron chi connectivity index (χ2n) is 5.89. The molecule has 2 rings (SSSR count). The second-order valence-corrected chi connectivity index (χ2v) is 5.89. The number of hydrogen-bond acceptors (Lipinski definition) is 5. The van der Waals surface area contributed by atoms with Crippen LogP contribution in [-0.2, 0) is 11.3 Å². The van der Waals surface area contributed by atoms with Gasteiger partial charge in [-0.1, -0.05) is 0 Å². The van der Waals surface area contributed by atoms with E-state index < -0.39 is 5.97 Å². The number of phenols is 1. The number of anilines is 1. The number of carbonyl (C=O) groups is 2. The largest absolute Gasteiger partial charge is 0.508 e. The molecular weight excluding hydrogens is 320 g/mol. The molecule has 0 spiro atoms. The summed E-state index contributed by atoms with van der Waals surface area (Å²) in [5, 5.41) is 15.9. The molecule has 0 atom stereocenters. The number of aromatic hydroxyl groups is 1. The summed E-state index contributed by atoms with van der Waals surface area (Å²) in [6.45, 7) is 4.14. The van der Waals surface area contributed by atoms with Crippen molar-refractivity contribution >= 4 is 17.6 Å². The van der Waals surface area contributed by atoms with E-state index in [9.17, 15) is 14.7 Å². The van der Waals surface area contributed by atoms with Gasteiger partial charge in [-0.15, -0.1) is 0 Å². The lowest BCUT2D eigenvalue weighted by Gasteiger charge is -2.11. The summed E-state index contributed by atoms with van der Waals surface area (Å²) in [7, 11) is 1.31. The number of rotatable bonds is 6. The lowest BCUT2D eigenvalue weighted by atomic mass is 10.1. The summed E-state index contributed by atoms with van der Waals surface area (Å²) >= 11 is 0. The van der Waals surface area contributed by atoms with Gasteiger partial charge in [0.2, 0.25) is 0 Å². The van der Waals surface area contributed by atoms with E-state index in [1.54, 1.807) is 30.3 Å². The zero-order chi connectivity index (χ0) is 18.4. The Hall–Kier alpha value is -3.02. The number of phenolic OH excluding ortho intramolecular Hbond substituents is 1. The van der Waals surface area contributed by atoms with Crippen LogP contribution in [0, 0.1) is 0 Å². The maximum Gasteiger partial charge on any atom is 0.337 e. The SMILES string of the molecule is COC(=O)c1ccc(O)c(CNc2ccc(C(=O)NC(C)C)cc2)c1. The third-order valence-corrected chi connectivity index (χ3v) is 3.55. The van der Waals surface area contributed by atoms with Crippen LogP contribution >= 0.6 is 0 Å². The van der Waals surface area contributed by atoms with Crippen LogP contribution in [0.3, 0.4) is 0 Å². The first-order valence-electron chi connectivity index (χ1n) is 7.95. The summed E-state index contributed by atoms with van der Waals surface area (Å²) in [5.41, 5.74) is 2.32. The Bertz CT molecular complexity index is 755. The molecule has 2 aromatic carbocycles. The van der Waals surface area contributed by atoms with Crippen molar-refractivity contribution in [3.63, 3.8) is 0 Å². The molecule has 0 radical (unpaired) electrons. The van der Waals surface area contributed by atoms with Crippen molar-refractivity contribution in [3.05, 3.63) is 59.2 Å². The fourth-order valence-electron chi connectivity index (χ4n) is 2.25. The van der Waals surface area contributed by atoms with E-state index >= 15 is 0 Å². The number of hydrogen-bond donors (Lipinski definition) is 3. The summed E-state index contributed by atoms with van der Waals surface area (Å²) < 4.78 is 4.68. The van der Waals surface area contributed by atoms with Crippen LogP contribution in [0.2, 0.25) is 0 Å². The molecule has 0 saturated heterocycles. The molecule has 0 aliphatic carbocycles. The van der Waals surface area contributed by atoms with Gasteiger partial charge in [-0.05, 0) is 56.3 Å². The molecule has 6 nitrogen and oxygen atoms in total. The summed E-state index contributed by atoms with van der Waals surface area (Å²) in [5.74, 6) is -0.486. The van der Waals surface area contributed by atoms with Gasteiger partial charge in [0, 0.05) is 29.4 Å². The van der Waals surface area contributed by atoms with Crippen LogP contribution in [0.4, 0.5) is 5.69 Å². The Balaban J connectivity index is 2.04. The quantitative estimate of drug-likeness (QED) is 0.703. The van der Waals surface area contributed by atoms with E-state index in [0.29, 0.717) is 23.2 Å². The Kier molecular flexibility index (Phi) is 6.00. The van der Waals surface area contributed by atoms with Crippen LogP contribution in [0.15, 0.2) is 42.5 Å². The van der Waals surface area contributed by atoms with E-state index in [1.807, 2.05) is 13.8 Å². The highest BCUT2D eigenvalue weighted by atomic mass is 16.5. The van der Waals surface area contributed by atoms with Gasteiger partial charge < -0.3 is 20.5 Å². The molecule has 25 heavy (non-hydrogen) atoms. The standard InChI is InChI=1S/C19H22N2O4/c1-12(2)21-18(23)13-4-7-16(8-5-13)20-11-15-10-14(19(24)25-3)6-9-17(15)22/h4-10,12,20,22H,11H2,1-3H3,(H,21,23). The number of ether oxygens (including phenoxy) is 1. The summed E-state index contributed by atoms with van der Waals surface area (Å²) in [4.78, 5) is 23.5. The molecule has 0 aromatic heterocycles. The monoisotopic (exact) mass is 342 g/mol. The number of methoxy groups -OCH3 is 1. The fourth-order valence-corrected chi connectivity index (χ4v) is 2.25. The molecule has 0 unspecified atom stereocenters. The van der Waals surface area contributed by atoms with Crippen LogP contribution in [-0.4, -0.2) is 30.1 Å². The average molecular weight is 342 g/mol. The Labute approximate surface area is 146 Å². The van der Waals surface area contributed by atoms with Crippen molar-refractivity contribution in [2.45, 2.75) is 26.4 Å². The molecule has 3 N–H and O–H groups in total. The minimum atomic E-state index is -0.457. The van der Waals surface area contributed by atoms with Crippen molar-refractivity contribution in [1.82, 2.24) is 5.32 Å². The smallest absolute Gasteiger partial charge is 0.337 e. The van der Waals surface area contributed by atoms with Gasteiger partial charge in [-0.25, -0.2) is 4.79 Å². The van der Waals surface area contributed by atoms with Crippen molar-refractivity contribution in [1.29, 1.82) is 0 Å². The lowest BCUT2D eigenvalue weighted by molar-refractivity contribution is 0.0600. The number of benzene rings is 2. The third-order valence-electron chi connectivity index (χ3n) is 3.55. The minimum Gasteiger partial charge on any atom is -0.508 e. The highest BCUT2D eigenvalue weighted by Gasteiger charge is 2.10. The van der Waals surface area contributed by atoms with Crippen molar-refractivity contribution in [2.75, 3.05) is 12.4 Å². The maximum absolute atomic E-state index is 11.9. The highest BCUT2D eigenvalue weighted by Crippen LogP contribution is 2.21. The van der Waals surface area contributed by atoms with Gasteiger partial charge in [0.15, 0.2) is 0 Å². The van der Waals surface area contributed by atoms with E-state index in [-0.39, 0.29) is 17.7 Å². The van der Waals surface area contributed by atoms with Crippen molar-refractivity contribution < 1.29 is 19.4 Å². The second kappa shape index (κ2) is 8.19. The molecule has 0 heterocycles. The van der Waals surface area contributed by atoms with E-state index in [2.05, 4.69) is 15.4 Å². The van der Waals surface area contributed by atoms with Crippen molar-refractivity contribution in [3.8, 4) is 5.75 Å². The Morgan fingerprint density at radius 3 is 2.32 bits per heavy atom. The molecular formula is C19H22N2O4. The number of esters is 1. The van der Waals surface area contributed by atoms with E-state index in [1.165, 1.54) is 19.2 Å². The first-order chi connectivity index (χ1) is 11.9. The van der Waals surface area contributed by atoms with Crippen LogP contribution < -0.4 is 10.6 Å². The predicted octanol–water partition coefficient (Wildman–Crippen LogP) is 2.93. The molecule has 6 heteroatoms. The first-order valence-corrected chi connectivity index (χ1v) is 7.95. The fraction of sp³-hybridized carbons (Fsp3) is 0.263. The zero-order valence-corrected chi connectivity index (χ0v) is 14.5. The van der Waals surface area contributed by atoms with Crippen molar-refractivity contribution in [2.24, 2.45) is 0 Å². The molecule has 132 valence electrons. The van der Waals surface area contributed by atoms with Gasteiger partial charge in [0.05, 0.1) is 12.7 Å². The molecule has 1 amide bonds. The van der Waals surface area contributed by atoms with Crippen LogP contribution in [0.25, 0.3) is 0 Å². The number of amides is 1. The van der Waals surface area contributed by atoms with Gasteiger partial charge in [-0.3, -0.25) is 4.79 Å². The molecule has 0 saturated carbocycles. The van der Waals surface area contributed by atoms with Gasteiger partial charge in [0.1, 0.15) is 5.75 Å². The van der Waals surface area contributed by atoms with Crippen LogP contribution in [0.5, 0.6) is 5.75 Å². The average Bonchev–Trinajstić information content (AvgIpc) is 2.60. The number of carbonyl (C=O) groups excluding carboxylic acids is 2. The summed E-state index contributed by atoms with van der Waals surface area (Å²) in [6, 6.07) is 11.7. The number of nitrogens with one attached hydrogen (secondary N) is 2. The molecule has 2 aromatic rings. The third kappa shape index (κ3) is 4.97. The van der Waals surface area contributed by atoms with Crippen LogP contribution in [0.1, 0.15) is 40.1 Å². The maximum atomic E-state index is 11.9. The first kappa shape index (κ1) is 18.3. The molecule has 0 bridgehead atoms. The van der Waals surface area contributed by atoms with E-state index in [4.69, 9.17) is 0 Å². The highest BCUT2D eigenvalue weighted by molar-refractivity contribution is 5.94. The Morgan fingerprint density at radius 2 is 1.72 bits per heavy atom. The topological polar surface area (TPSA) is 87.7 Å². The van der Waals surface area contributed by atoms with Gasteiger partial charge >= 0.3 is 5.97 Å². The molecule has 0 fully saturated rings. The Morgan fingerprint density at radius 1 is 1.08 bits per heavy atom. The molecule has 0 aliphatic rings. The minimum absolute atomic E-state index is 0.0790. The van der Waals surface area contributed by atoms with E-state index in [0.717, 1.165) is 5.69 Å². The van der Waals surface area contributed by atoms with Gasteiger partial charge in [0.25, 0.3) is 5.91 Å². The van der Waals surface area contributed by atoms with Gasteiger partial charge in [-0.2, -0.15) is 0 Å².